The summed E-state index contributed by atoms with van der Waals surface area (Å²) in [6.45, 7) is 0. The van der Waals surface area contributed by atoms with Gasteiger partial charge in [0, 0.05) is 17.7 Å². The minimum absolute atomic E-state index is 1.03. The third kappa shape index (κ3) is 1.08. The van der Waals surface area contributed by atoms with Gasteiger partial charge in [-0.1, -0.05) is 0 Å². The first-order valence-electron chi connectivity index (χ1n) is 3.62. The second-order valence-electron chi connectivity index (χ2n) is 2.49. The molecule has 0 aliphatic rings. The Bertz CT molecular complexity index is 408. The van der Waals surface area contributed by atoms with E-state index in [1.165, 1.54) is 0 Å². The first-order chi connectivity index (χ1) is 5.81. The predicted molar refractivity (Wildman–Crippen MR) is 52.4 cm³/mol. The van der Waals surface area contributed by atoms with Crippen LogP contribution < -0.4 is 5.32 Å². The van der Waals surface area contributed by atoms with Gasteiger partial charge in [-0.15, -0.1) is 0 Å². The first-order valence-corrected chi connectivity index (χ1v) is 4.41. The number of anilines is 1. The van der Waals surface area contributed by atoms with E-state index in [0.717, 1.165) is 15.7 Å². The number of nitrogens with zero attached hydrogens (tertiary/aromatic N) is 2. The van der Waals surface area contributed by atoms with E-state index in [-0.39, 0.29) is 0 Å². The van der Waals surface area contributed by atoms with Crippen LogP contribution in [0.2, 0.25) is 0 Å². The van der Waals surface area contributed by atoms with Gasteiger partial charge in [-0.25, -0.2) is 4.52 Å². The minimum Gasteiger partial charge on any atom is -0.385 e. The Morgan fingerprint density at radius 2 is 2.33 bits per heavy atom. The van der Waals surface area contributed by atoms with Crippen LogP contribution in [0.25, 0.3) is 5.52 Å². The van der Waals surface area contributed by atoms with Crippen molar-refractivity contribution < 1.29 is 0 Å². The van der Waals surface area contributed by atoms with Crippen LogP contribution >= 0.6 is 15.9 Å². The van der Waals surface area contributed by atoms with Gasteiger partial charge >= 0.3 is 0 Å². The quantitative estimate of drug-likeness (QED) is 0.807. The summed E-state index contributed by atoms with van der Waals surface area (Å²) in [4.78, 5) is 0. The van der Waals surface area contributed by atoms with E-state index in [4.69, 9.17) is 0 Å². The number of halogens is 1. The van der Waals surface area contributed by atoms with Crippen LogP contribution in [0.15, 0.2) is 29.0 Å². The van der Waals surface area contributed by atoms with Gasteiger partial charge < -0.3 is 5.32 Å². The normalized spacial score (nSPS) is 10.5. The standard InChI is InChI=1S/C8H8BrN3/c1-10-7-4-11-12-5-6(9)2-3-8(7)12/h2-5,10H,1H3. The van der Waals surface area contributed by atoms with Gasteiger partial charge in [-0.3, -0.25) is 0 Å². The van der Waals surface area contributed by atoms with Crippen LogP contribution in [0.4, 0.5) is 5.69 Å². The topological polar surface area (TPSA) is 29.3 Å². The van der Waals surface area contributed by atoms with Crippen LogP contribution in [0.5, 0.6) is 0 Å². The number of aromatic nitrogens is 2. The van der Waals surface area contributed by atoms with Crippen LogP contribution in [0.3, 0.4) is 0 Å². The van der Waals surface area contributed by atoms with Gasteiger partial charge in [0.1, 0.15) is 0 Å². The van der Waals surface area contributed by atoms with Crippen molar-refractivity contribution in [2.45, 2.75) is 0 Å². The maximum atomic E-state index is 4.17. The number of rotatable bonds is 1. The molecule has 0 aliphatic carbocycles. The van der Waals surface area contributed by atoms with Crippen molar-refractivity contribution in [3.05, 3.63) is 29.0 Å². The number of fused-ring (bicyclic) bond motifs is 1. The molecule has 12 heavy (non-hydrogen) atoms. The molecule has 0 radical (unpaired) electrons. The van der Waals surface area contributed by atoms with Crippen LogP contribution in [-0.4, -0.2) is 16.7 Å². The van der Waals surface area contributed by atoms with Gasteiger partial charge in [-0.2, -0.15) is 5.10 Å². The Morgan fingerprint density at radius 1 is 1.50 bits per heavy atom. The number of hydrogen-bond acceptors (Lipinski definition) is 2. The summed E-state index contributed by atoms with van der Waals surface area (Å²) in [5.41, 5.74) is 2.13. The summed E-state index contributed by atoms with van der Waals surface area (Å²) >= 11 is 3.38. The molecule has 62 valence electrons. The van der Waals surface area contributed by atoms with E-state index >= 15 is 0 Å². The Balaban J connectivity index is 2.73. The van der Waals surface area contributed by atoms with E-state index in [1.807, 2.05) is 36.1 Å². The molecule has 2 aromatic rings. The third-order valence-electron chi connectivity index (χ3n) is 1.75. The molecule has 0 saturated heterocycles. The summed E-state index contributed by atoms with van der Waals surface area (Å²) in [6, 6.07) is 4.01. The van der Waals surface area contributed by atoms with Gasteiger partial charge in [-0.05, 0) is 28.1 Å². The molecular formula is C8H8BrN3. The van der Waals surface area contributed by atoms with Crippen molar-refractivity contribution in [3.63, 3.8) is 0 Å². The lowest BCUT2D eigenvalue weighted by Gasteiger charge is -1.96. The molecule has 0 aromatic carbocycles. The summed E-state index contributed by atoms with van der Waals surface area (Å²) < 4.78 is 2.86. The molecule has 1 N–H and O–H groups in total. The fourth-order valence-corrected chi connectivity index (χ4v) is 1.48. The Hall–Kier alpha value is -1.03. The second kappa shape index (κ2) is 2.79. The van der Waals surface area contributed by atoms with Crippen LogP contribution in [0, 0.1) is 0 Å². The summed E-state index contributed by atoms with van der Waals surface area (Å²) in [5, 5.41) is 7.25. The Labute approximate surface area is 78.5 Å². The van der Waals surface area contributed by atoms with Gasteiger partial charge in [0.15, 0.2) is 0 Å². The maximum absolute atomic E-state index is 4.17. The highest BCUT2D eigenvalue weighted by Gasteiger charge is 2.00. The molecule has 0 saturated carbocycles. The summed E-state index contributed by atoms with van der Waals surface area (Å²) in [6.07, 6.45) is 3.73. The fourth-order valence-electron chi connectivity index (χ4n) is 1.15. The summed E-state index contributed by atoms with van der Waals surface area (Å²) in [5.74, 6) is 0. The van der Waals surface area contributed by atoms with Crippen molar-refractivity contribution in [1.29, 1.82) is 0 Å². The zero-order valence-electron chi connectivity index (χ0n) is 6.58. The molecule has 2 aromatic heterocycles. The average molecular weight is 226 g/mol. The molecule has 0 bridgehead atoms. The van der Waals surface area contributed by atoms with Gasteiger partial charge in [0.25, 0.3) is 0 Å². The van der Waals surface area contributed by atoms with Crippen molar-refractivity contribution >= 4 is 27.1 Å². The fraction of sp³-hybridized carbons (Fsp3) is 0.125. The molecule has 0 amide bonds. The molecule has 2 rings (SSSR count). The Kier molecular flexibility index (Phi) is 1.77. The summed E-state index contributed by atoms with van der Waals surface area (Å²) in [7, 11) is 1.89. The molecule has 0 unspecified atom stereocenters. The monoisotopic (exact) mass is 225 g/mol. The third-order valence-corrected chi connectivity index (χ3v) is 2.22. The maximum Gasteiger partial charge on any atom is 0.0894 e. The van der Waals surface area contributed by atoms with Crippen LogP contribution in [0.1, 0.15) is 0 Å². The zero-order valence-corrected chi connectivity index (χ0v) is 8.17. The van der Waals surface area contributed by atoms with E-state index < -0.39 is 0 Å². The highest BCUT2D eigenvalue weighted by atomic mass is 79.9. The highest BCUT2D eigenvalue weighted by molar-refractivity contribution is 9.10. The molecule has 2 heterocycles. The average Bonchev–Trinajstić information content (AvgIpc) is 2.46. The van der Waals surface area contributed by atoms with E-state index in [1.54, 1.807) is 0 Å². The van der Waals surface area contributed by atoms with Crippen molar-refractivity contribution in [3.8, 4) is 0 Å². The molecule has 4 heteroatoms. The first kappa shape index (κ1) is 7.61. The largest absolute Gasteiger partial charge is 0.385 e. The molecule has 0 spiro atoms. The van der Waals surface area contributed by atoms with E-state index in [9.17, 15) is 0 Å². The van der Waals surface area contributed by atoms with E-state index in [0.29, 0.717) is 0 Å². The van der Waals surface area contributed by atoms with E-state index in [2.05, 4.69) is 26.3 Å². The number of pyridine rings is 1. The lowest BCUT2D eigenvalue weighted by molar-refractivity contribution is 0.956. The smallest absolute Gasteiger partial charge is 0.0894 e. The predicted octanol–water partition coefficient (Wildman–Crippen LogP) is 2.14. The lowest BCUT2D eigenvalue weighted by Crippen LogP contribution is -1.88. The SMILES string of the molecule is CNc1cnn2cc(Br)ccc12. The van der Waals surface area contributed by atoms with Gasteiger partial charge in [0.05, 0.1) is 17.4 Å². The minimum atomic E-state index is 1.03. The number of nitrogens with one attached hydrogen (secondary N) is 1. The molecular weight excluding hydrogens is 218 g/mol. The molecule has 3 nitrogen and oxygen atoms in total. The molecule has 0 atom stereocenters. The zero-order chi connectivity index (χ0) is 8.55. The highest BCUT2D eigenvalue weighted by Crippen LogP contribution is 2.18. The number of hydrogen-bond donors (Lipinski definition) is 1. The lowest BCUT2D eigenvalue weighted by atomic mass is 10.4. The van der Waals surface area contributed by atoms with Crippen molar-refractivity contribution in [2.75, 3.05) is 12.4 Å². The Morgan fingerprint density at radius 3 is 3.08 bits per heavy atom. The van der Waals surface area contributed by atoms with Crippen molar-refractivity contribution in [1.82, 2.24) is 9.61 Å². The molecule has 0 aliphatic heterocycles. The second-order valence-corrected chi connectivity index (χ2v) is 3.40. The van der Waals surface area contributed by atoms with Crippen LogP contribution in [-0.2, 0) is 0 Å². The molecule has 0 fully saturated rings. The van der Waals surface area contributed by atoms with Crippen molar-refractivity contribution in [2.24, 2.45) is 0 Å². The van der Waals surface area contributed by atoms with Gasteiger partial charge in [0.2, 0.25) is 0 Å².